The summed E-state index contributed by atoms with van der Waals surface area (Å²) in [5, 5.41) is 3.16. The van der Waals surface area contributed by atoms with E-state index >= 15 is 0 Å². The van der Waals surface area contributed by atoms with E-state index in [-0.39, 0.29) is 0 Å². The molecular weight excluding hydrogens is 278 g/mol. The van der Waals surface area contributed by atoms with E-state index in [1.54, 1.807) is 12.5 Å². The molecule has 7 heteroatoms. The summed E-state index contributed by atoms with van der Waals surface area (Å²) in [5.41, 5.74) is 7.93. The van der Waals surface area contributed by atoms with Gasteiger partial charge < -0.3 is 20.9 Å². The molecule has 0 atom stereocenters. The Labute approximate surface area is 130 Å². The Kier molecular flexibility index (Phi) is 4.06. The van der Waals surface area contributed by atoms with Gasteiger partial charge in [0.05, 0.1) is 0 Å². The van der Waals surface area contributed by atoms with Gasteiger partial charge in [-0.05, 0) is 25.6 Å². The number of nitrogens with two attached hydrogens (primary N) is 1. The van der Waals surface area contributed by atoms with Crippen LogP contribution in [0.4, 0.5) is 23.1 Å². The molecule has 0 aliphatic carbocycles. The van der Waals surface area contributed by atoms with Gasteiger partial charge in [-0.1, -0.05) is 6.07 Å². The number of hydrogen-bond donors (Lipinski definition) is 2. The first-order valence-corrected chi connectivity index (χ1v) is 7.37. The van der Waals surface area contributed by atoms with Crippen molar-refractivity contribution in [1.82, 2.24) is 19.9 Å². The van der Waals surface area contributed by atoms with Crippen LogP contribution in [0.3, 0.4) is 0 Å². The maximum atomic E-state index is 6.26. The lowest BCUT2D eigenvalue weighted by molar-refractivity contribution is 0.312. The fourth-order valence-corrected chi connectivity index (χ4v) is 2.42. The second kappa shape index (κ2) is 6.15. The summed E-state index contributed by atoms with van der Waals surface area (Å²) >= 11 is 0. The maximum absolute atomic E-state index is 6.26. The third-order valence-electron chi connectivity index (χ3n) is 3.82. The molecule has 0 aromatic carbocycles. The zero-order chi connectivity index (χ0) is 15.5. The number of nitrogens with zero attached hydrogens (tertiary/aromatic N) is 5. The van der Waals surface area contributed by atoms with Crippen LogP contribution in [0.15, 0.2) is 24.7 Å². The van der Waals surface area contributed by atoms with Crippen molar-refractivity contribution in [2.24, 2.45) is 0 Å². The van der Waals surface area contributed by atoms with Crippen molar-refractivity contribution in [2.75, 3.05) is 49.2 Å². The van der Waals surface area contributed by atoms with Crippen LogP contribution in [0.25, 0.3) is 0 Å². The van der Waals surface area contributed by atoms with Gasteiger partial charge >= 0.3 is 0 Å². The molecule has 3 N–H and O–H groups in total. The number of pyridine rings is 1. The summed E-state index contributed by atoms with van der Waals surface area (Å²) < 4.78 is 0. The van der Waals surface area contributed by atoms with Gasteiger partial charge in [0.1, 0.15) is 17.8 Å². The minimum atomic E-state index is 0.564. The van der Waals surface area contributed by atoms with Crippen LogP contribution in [-0.2, 0) is 0 Å². The van der Waals surface area contributed by atoms with Crippen molar-refractivity contribution >= 4 is 23.1 Å². The number of anilines is 4. The normalized spacial score (nSPS) is 15.8. The van der Waals surface area contributed by atoms with Gasteiger partial charge in [-0.25, -0.2) is 15.0 Å². The molecule has 0 bridgehead atoms. The Morgan fingerprint density at radius 1 is 1.09 bits per heavy atom. The van der Waals surface area contributed by atoms with Gasteiger partial charge in [-0.15, -0.1) is 0 Å². The van der Waals surface area contributed by atoms with Crippen molar-refractivity contribution < 1.29 is 0 Å². The van der Waals surface area contributed by atoms with E-state index in [9.17, 15) is 0 Å². The van der Waals surface area contributed by atoms with Crippen molar-refractivity contribution in [3.05, 3.63) is 30.2 Å². The van der Waals surface area contributed by atoms with Crippen LogP contribution in [0.2, 0.25) is 0 Å². The van der Waals surface area contributed by atoms with Crippen LogP contribution in [0, 0.1) is 6.92 Å². The van der Waals surface area contributed by atoms with E-state index in [0.717, 1.165) is 43.4 Å². The Morgan fingerprint density at radius 2 is 1.86 bits per heavy atom. The van der Waals surface area contributed by atoms with Crippen LogP contribution in [0.5, 0.6) is 0 Å². The average Bonchev–Trinajstić information content (AvgIpc) is 2.53. The first kappa shape index (κ1) is 14.5. The largest absolute Gasteiger partial charge is 0.393 e. The summed E-state index contributed by atoms with van der Waals surface area (Å²) in [6, 6.07) is 3.90. The first-order valence-electron chi connectivity index (χ1n) is 7.37. The Morgan fingerprint density at radius 3 is 2.55 bits per heavy atom. The van der Waals surface area contributed by atoms with Gasteiger partial charge in [0.2, 0.25) is 0 Å². The molecule has 0 saturated carbocycles. The molecule has 2 aromatic heterocycles. The number of aryl methyl sites for hydroxylation is 1. The number of aromatic nitrogens is 3. The summed E-state index contributed by atoms with van der Waals surface area (Å²) in [6.07, 6.45) is 3.35. The van der Waals surface area contributed by atoms with Gasteiger partial charge in [0.15, 0.2) is 11.6 Å². The van der Waals surface area contributed by atoms with Gasteiger partial charge in [-0.3, -0.25) is 0 Å². The van der Waals surface area contributed by atoms with E-state index in [1.807, 2.05) is 19.1 Å². The van der Waals surface area contributed by atoms with Crippen LogP contribution in [-0.4, -0.2) is 53.1 Å². The maximum Gasteiger partial charge on any atom is 0.160 e. The van der Waals surface area contributed by atoms with Crippen LogP contribution >= 0.6 is 0 Å². The molecule has 7 nitrogen and oxygen atoms in total. The van der Waals surface area contributed by atoms with Gasteiger partial charge in [0.25, 0.3) is 0 Å². The number of nitrogens with one attached hydrogen (secondary N) is 1. The molecule has 0 radical (unpaired) electrons. The zero-order valence-corrected chi connectivity index (χ0v) is 13.0. The Balaban J connectivity index is 1.81. The van der Waals surface area contributed by atoms with Crippen LogP contribution < -0.4 is 16.0 Å². The highest BCUT2D eigenvalue weighted by Crippen LogP contribution is 2.28. The summed E-state index contributed by atoms with van der Waals surface area (Å²) in [7, 11) is 2.12. The van der Waals surface area contributed by atoms with Crippen molar-refractivity contribution in [3.63, 3.8) is 0 Å². The molecular formula is C15H21N7. The van der Waals surface area contributed by atoms with E-state index in [4.69, 9.17) is 5.73 Å². The highest BCUT2D eigenvalue weighted by Gasteiger charge is 2.19. The van der Waals surface area contributed by atoms with Crippen LogP contribution in [0.1, 0.15) is 5.56 Å². The SMILES string of the molecule is Cc1ccc(Nc2ncnc(N3CCN(C)CC3)c2N)nc1. The highest BCUT2D eigenvalue weighted by molar-refractivity contribution is 5.77. The summed E-state index contributed by atoms with van der Waals surface area (Å²) in [5.74, 6) is 2.11. The molecule has 3 heterocycles. The quantitative estimate of drug-likeness (QED) is 0.882. The molecule has 1 saturated heterocycles. The zero-order valence-electron chi connectivity index (χ0n) is 13.0. The van der Waals surface area contributed by atoms with Crippen molar-refractivity contribution in [3.8, 4) is 0 Å². The first-order chi connectivity index (χ1) is 10.6. The molecule has 3 rings (SSSR count). The number of piperazine rings is 1. The molecule has 22 heavy (non-hydrogen) atoms. The number of likely N-dealkylation sites (N-methyl/N-ethyl adjacent to an activating group) is 1. The second-order valence-electron chi connectivity index (χ2n) is 5.60. The highest BCUT2D eigenvalue weighted by atomic mass is 15.3. The second-order valence-corrected chi connectivity index (χ2v) is 5.60. The molecule has 1 aliphatic heterocycles. The lowest BCUT2D eigenvalue weighted by atomic mass is 10.3. The number of rotatable bonds is 3. The minimum Gasteiger partial charge on any atom is -0.393 e. The summed E-state index contributed by atoms with van der Waals surface area (Å²) in [6.45, 7) is 5.85. The third-order valence-corrected chi connectivity index (χ3v) is 3.82. The fraction of sp³-hybridized carbons (Fsp3) is 0.400. The van der Waals surface area contributed by atoms with E-state index in [2.05, 4.69) is 37.1 Å². The predicted molar refractivity (Wildman–Crippen MR) is 88.4 cm³/mol. The molecule has 0 spiro atoms. The third kappa shape index (κ3) is 3.09. The minimum absolute atomic E-state index is 0.564. The number of nitrogen functional groups attached to an aromatic ring is 1. The fourth-order valence-electron chi connectivity index (χ4n) is 2.42. The van der Waals surface area contributed by atoms with Crippen molar-refractivity contribution in [2.45, 2.75) is 6.92 Å². The number of hydrogen-bond acceptors (Lipinski definition) is 7. The molecule has 0 unspecified atom stereocenters. The molecule has 2 aromatic rings. The molecule has 1 aliphatic rings. The average molecular weight is 299 g/mol. The Bertz CT molecular complexity index is 633. The van der Waals surface area contributed by atoms with Gasteiger partial charge in [-0.2, -0.15) is 0 Å². The molecule has 0 amide bonds. The van der Waals surface area contributed by atoms with E-state index in [0.29, 0.717) is 11.5 Å². The monoisotopic (exact) mass is 299 g/mol. The molecule has 1 fully saturated rings. The predicted octanol–water partition coefficient (Wildman–Crippen LogP) is 1.26. The van der Waals surface area contributed by atoms with Gasteiger partial charge in [0, 0.05) is 32.4 Å². The van der Waals surface area contributed by atoms with E-state index in [1.165, 1.54) is 0 Å². The smallest absolute Gasteiger partial charge is 0.160 e. The lowest BCUT2D eigenvalue weighted by Gasteiger charge is -2.33. The summed E-state index contributed by atoms with van der Waals surface area (Å²) in [4.78, 5) is 17.4. The molecule has 116 valence electrons. The lowest BCUT2D eigenvalue weighted by Crippen LogP contribution is -2.45. The standard InChI is InChI=1S/C15H21N7/c1-11-3-4-12(17-9-11)20-14-13(16)15(19-10-18-14)22-7-5-21(2)6-8-22/h3-4,9-10H,5-8,16H2,1-2H3,(H,17,18,19,20). The topological polar surface area (TPSA) is 83.2 Å². The van der Waals surface area contributed by atoms with Crippen molar-refractivity contribution in [1.29, 1.82) is 0 Å². The Hall–Kier alpha value is -2.41. The van der Waals surface area contributed by atoms with E-state index < -0.39 is 0 Å².